The second-order valence-corrected chi connectivity index (χ2v) is 3.45. The molecule has 18 heavy (non-hydrogen) atoms. The number of nitrogens with zero attached hydrogens (tertiary/aromatic N) is 3. The van der Waals surface area contributed by atoms with Gasteiger partial charge in [0.1, 0.15) is 17.7 Å². The van der Waals surface area contributed by atoms with Gasteiger partial charge in [-0.25, -0.2) is 0 Å². The first-order valence-corrected chi connectivity index (χ1v) is 5.05. The quantitative estimate of drug-likeness (QED) is 0.497. The molecule has 1 N–H and O–H groups in total. The maximum atomic E-state index is 10.8. The number of nitro benzene ring substituents is 1. The van der Waals surface area contributed by atoms with E-state index in [0.717, 1.165) is 6.08 Å². The van der Waals surface area contributed by atoms with Crippen LogP contribution in [0.1, 0.15) is 18.1 Å². The summed E-state index contributed by atoms with van der Waals surface area (Å²) in [5.41, 5.74) is 0.0730. The summed E-state index contributed by atoms with van der Waals surface area (Å²) in [5, 5.41) is 37.7. The van der Waals surface area contributed by atoms with E-state index in [2.05, 4.69) is 0 Å². The first-order chi connectivity index (χ1) is 8.53. The highest BCUT2D eigenvalue weighted by Gasteiger charge is 2.17. The standard InChI is InChI=1S/C12H9N3O3/c1-2-8-3-10(4-9(6-13)7-14)12(16)11(5-8)15(17)18/h3-5,16H,2H2,1H3. The van der Waals surface area contributed by atoms with Crippen LogP contribution >= 0.6 is 0 Å². The van der Waals surface area contributed by atoms with Crippen LogP contribution in [0.2, 0.25) is 0 Å². The van der Waals surface area contributed by atoms with Crippen LogP contribution < -0.4 is 0 Å². The topological polar surface area (TPSA) is 111 Å². The summed E-state index contributed by atoms with van der Waals surface area (Å²) < 4.78 is 0. The Kier molecular flexibility index (Phi) is 4.01. The Morgan fingerprint density at radius 3 is 2.56 bits per heavy atom. The molecular weight excluding hydrogens is 234 g/mol. The predicted molar refractivity (Wildman–Crippen MR) is 63.3 cm³/mol. The fraction of sp³-hybridized carbons (Fsp3) is 0.167. The minimum absolute atomic E-state index is 0.0964. The second kappa shape index (κ2) is 5.46. The van der Waals surface area contributed by atoms with E-state index in [9.17, 15) is 15.2 Å². The van der Waals surface area contributed by atoms with Crippen LogP contribution in [-0.4, -0.2) is 10.0 Å². The molecule has 0 aliphatic heterocycles. The number of rotatable bonds is 3. The number of aromatic hydroxyl groups is 1. The number of aryl methyl sites for hydroxylation is 1. The van der Waals surface area contributed by atoms with E-state index in [1.54, 1.807) is 19.1 Å². The summed E-state index contributed by atoms with van der Waals surface area (Å²) in [6, 6.07) is 6.05. The summed E-state index contributed by atoms with van der Waals surface area (Å²) in [5.74, 6) is -0.541. The van der Waals surface area contributed by atoms with Crippen molar-refractivity contribution in [2.24, 2.45) is 0 Å². The average molecular weight is 243 g/mol. The van der Waals surface area contributed by atoms with Gasteiger partial charge in [-0.3, -0.25) is 10.1 Å². The second-order valence-electron chi connectivity index (χ2n) is 3.45. The monoisotopic (exact) mass is 243 g/mol. The van der Waals surface area contributed by atoms with Crippen LogP contribution in [0.5, 0.6) is 5.75 Å². The molecule has 0 aromatic heterocycles. The Morgan fingerprint density at radius 1 is 1.50 bits per heavy atom. The summed E-state index contributed by atoms with van der Waals surface area (Å²) >= 11 is 0. The molecule has 0 heterocycles. The average Bonchev–Trinajstić information content (AvgIpc) is 2.37. The van der Waals surface area contributed by atoms with Gasteiger partial charge in [0.15, 0.2) is 0 Å². The predicted octanol–water partition coefficient (Wildman–Crippen LogP) is 2.29. The van der Waals surface area contributed by atoms with Crippen LogP contribution in [-0.2, 0) is 6.42 Å². The van der Waals surface area contributed by atoms with Crippen molar-refractivity contribution in [3.63, 3.8) is 0 Å². The minimum atomic E-state index is -0.704. The fourth-order valence-corrected chi connectivity index (χ4v) is 1.40. The third kappa shape index (κ3) is 2.63. The Bertz CT molecular complexity index is 590. The van der Waals surface area contributed by atoms with E-state index < -0.39 is 16.4 Å². The molecular formula is C12H9N3O3. The van der Waals surface area contributed by atoms with Crippen molar-refractivity contribution in [2.75, 3.05) is 0 Å². The molecule has 6 nitrogen and oxygen atoms in total. The first-order valence-electron chi connectivity index (χ1n) is 5.05. The Labute approximate surface area is 103 Å². The molecule has 1 rings (SSSR count). The number of benzene rings is 1. The van der Waals surface area contributed by atoms with Crippen molar-refractivity contribution in [2.45, 2.75) is 13.3 Å². The van der Waals surface area contributed by atoms with Gasteiger partial charge in [-0.1, -0.05) is 6.92 Å². The van der Waals surface area contributed by atoms with E-state index in [0.29, 0.717) is 12.0 Å². The molecule has 0 atom stereocenters. The number of hydrogen-bond acceptors (Lipinski definition) is 5. The zero-order chi connectivity index (χ0) is 13.7. The molecule has 1 aromatic carbocycles. The van der Waals surface area contributed by atoms with E-state index in [-0.39, 0.29) is 11.1 Å². The van der Waals surface area contributed by atoms with Gasteiger partial charge in [0.25, 0.3) is 0 Å². The third-order valence-electron chi connectivity index (χ3n) is 2.32. The summed E-state index contributed by atoms with van der Waals surface area (Å²) in [6.07, 6.45) is 1.66. The van der Waals surface area contributed by atoms with Gasteiger partial charge in [0.05, 0.1) is 4.92 Å². The molecule has 0 bridgehead atoms. The van der Waals surface area contributed by atoms with E-state index in [1.165, 1.54) is 12.1 Å². The lowest BCUT2D eigenvalue weighted by Crippen LogP contribution is -1.93. The molecule has 0 aliphatic rings. The molecule has 0 unspecified atom stereocenters. The molecule has 0 spiro atoms. The number of nitro groups is 1. The molecule has 0 amide bonds. The molecule has 0 radical (unpaired) electrons. The SMILES string of the molecule is CCc1cc(C=C(C#N)C#N)c(O)c([N+](=O)[O-])c1. The van der Waals surface area contributed by atoms with Crippen molar-refractivity contribution < 1.29 is 10.0 Å². The maximum Gasteiger partial charge on any atom is 0.311 e. The molecule has 90 valence electrons. The normalized spacial score (nSPS) is 9.06. The Balaban J connectivity index is 3.51. The van der Waals surface area contributed by atoms with Crippen molar-refractivity contribution in [1.82, 2.24) is 0 Å². The molecule has 1 aromatic rings. The molecule has 0 saturated heterocycles. The zero-order valence-corrected chi connectivity index (χ0v) is 9.54. The first kappa shape index (κ1) is 13.2. The van der Waals surface area contributed by atoms with Gasteiger partial charge in [-0.05, 0) is 24.1 Å². The van der Waals surface area contributed by atoms with Gasteiger partial charge >= 0.3 is 5.69 Å². The van der Waals surface area contributed by atoms with Crippen molar-refractivity contribution in [3.8, 4) is 17.9 Å². The van der Waals surface area contributed by atoms with Crippen LogP contribution in [0.4, 0.5) is 5.69 Å². The number of phenols is 1. The molecule has 0 aliphatic carbocycles. The van der Waals surface area contributed by atoms with Crippen molar-refractivity contribution in [3.05, 3.63) is 38.9 Å². The van der Waals surface area contributed by atoms with Gasteiger partial charge in [0.2, 0.25) is 5.75 Å². The zero-order valence-electron chi connectivity index (χ0n) is 9.54. The van der Waals surface area contributed by atoms with Crippen LogP contribution in [0.25, 0.3) is 6.08 Å². The lowest BCUT2D eigenvalue weighted by molar-refractivity contribution is -0.385. The van der Waals surface area contributed by atoms with Gasteiger partial charge < -0.3 is 5.11 Å². The van der Waals surface area contributed by atoms with Crippen LogP contribution in [0.15, 0.2) is 17.7 Å². The fourth-order valence-electron chi connectivity index (χ4n) is 1.40. The number of phenolic OH excluding ortho intramolecular Hbond substituents is 1. The highest BCUT2D eigenvalue weighted by molar-refractivity contribution is 5.71. The van der Waals surface area contributed by atoms with Crippen LogP contribution in [0, 0.1) is 32.8 Å². The Hall–Kier alpha value is -2.86. The molecule has 0 saturated carbocycles. The van der Waals surface area contributed by atoms with Crippen molar-refractivity contribution >= 4 is 11.8 Å². The maximum absolute atomic E-state index is 10.8. The highest BCUT2D eigenvalue weighted by atomic mass is 16.6. The summed E-state index contributed by atoms with van der Waals surface area (Å²) in [7, 11) is 0. The molecule has 6 heteroatoms. The van der Waals surface area contributed by atoms with E-state index >= 15 is 0 Å². The minimum Gasteiger partial charge on any atom is -0.502 e. The summed E-state index contributed by atoms with van der Waals surface area (Å²) in [6.45, 7) is 1.80. The number of allylic oxidation sites excluding steroid dienone is 1. The van der Waals surface area contributed by atoms with Gasteiger partial charge in [-0.15, -0.1) is 0 Å². The van der Waals surface area contributed by atoms with Gasteiger partial charge in [0, 0.05) is 11.6 Å². The lowest BCUT2D eigenvalue weighted by atomic mass is 10.0. The largest absolute Gasteiger partial charge is 0.502 e. The number of nitriles is 2. The smallest absolute Gasteiger partial charge is 0.311 e. The van der Waals surface area contributed by atoms with Crippen molar-refractivity contribution in [1.29, 1.82) is 10.5 Å². The van der Waals surface area contributed by atoms with E-state index in [1.807, 2.05) is 0 Å². The third-order valence-corrected chi connectivity index (χ3v) is 2.32. The van der Waals surface area contributed by atoms with Crippen LogP contribution in [0.3, 0.4) is 0 Å². The van der Waals surface area contributed by atoms with E-state index in [4.69, 9.17) is 10.5 Å². The summed E-state index contributed by atoms with van der Waals surface area (Å²) in [4.78, 5) is 10.1. The highest BCUT2D eigenvalue weighted by Crippen LogP contribution is 2.32. The lowest BCUT2D eigenvalue weighted by Gasteiger charge is -2.04. The molecule has 0 fully saturated rings. The number of hydrogen-bond donors (Lipinski definition) is 1. The van der Waals surface area contributed by atoms with Gasteiger partial charge in [-0.2, -0.15) is 10.5 Å². The Morgan fingerprint density at radius 2 is 2.11 bits per heavy atom.